The molecule has 3 amide bonds. The van der Waals surface area contributed by atoms with Crippen LogP contribution in [0, 0.1) is 0 Å². The van der Waals surface area contributed by atoms with Crippen molar-refractivity contribution in [2.75, 3.05) is 18.5 Å². The lowest BCUT2D eigenvalue weighted by Crippen LogP contribution is -2.31. The van der Waals surface area contributed by atoms with Crippen LogP contribution in [0.2, 0.25) is 0 Å². The molecule has 0 atom stereocenters. The third-order valence-corrected chi connectivity index (χ3v) is 5.12. The summed E-state index contributed by atoms with van der Waals surface area (Å²) in [7, 11) is 0. The maximum absolute atomic E-state index is 12.3. The third kappa shape index (κ3) is 5.47. The number of para-hydroxylation sites is 1. The van der Waals surface area contributed by atoms with Gasteiger partial charge in [-0.15, -0.1) is 0 Å². The van der Waals surface area contributed by atoms with Crippen LogP contribution in [-0.4, -0.2) is 41.7 Å². The molecule has 0 bridgehead atoms. The zero-order valence-electron chi connectivity index (χ0n) is 18.2. The van der Waals surface area contributed by atoms with E-state index in [1.54, 1.807) is 48.5 Å². The van der Waals surface area contributed by atoms with E-state index in [0.29, 0.717) is 28.3 Å². The number of hydrogen-bond donors (Lipinski definition) is 1. The molecule has 0 saturated heterocycles. The minimum atomic E-state index is -0.585. The van der Waals surface area contributed by atoms with Crippen molar-refractivity contribution in [3.63, 3.8) is 0 Å². The van der Waals surface area contributed by atoms with Crippen molar-refractivity contribution in [2.24, 2.45) is 0 Å². The van der Waals surface area contributed by atoms with Gasteiger partial charge >= 0.3 is 5.97 Å². The fraction of sp³-hybridized carbons (Fsp3) is 0.154. The Morgan fingerprint density at radius 2 is 1.35 bits per heavy atom. The first-order chi connectivity index (χ1) is 16.5. The van der Waals surface area contributed by atoms with Gasteiger partial charge in [0.2, 0.25) is 0 Å². The Bertz CT molecular complexity index is 1170. The van der Waals surface area contributed by atoms with E-state index in [0.717, 1.165) is 4.90 Å². The van der Waals surface area contributed by atoms with Gasteiger partial charge in [-0.2, -0.15) is 0 Å². The highest BCUT2D eigenvalue weighted by atomic mass is 16.5. The number of carbonyl (C=O) groups excluding carboxylic acids is 4. The number of fused-ring (bicyclic) bond motifs is 1. The Morgan fingerprint density at radius 1 is 0.765 bits per heavy atom. The minimum Gasteiger partial charge on any atom is -0.457 e. The summed E-state index contributed by atoms with van der Waals surface area (Å²) in [5, 5.41) is 2.64. The summed E-state index contributed by atoms with van der Waals surface area (Å²) in [5.74, 6) is -0.478. The average Bonchev–Trinajstić information content (AvgIpc) is 3.10. The van der Waals surface area contributed by atoms with Crippen molar-refractivity contribution in [1.29, 1.82) is 0 Å². The molecule has 0 radical (unpaired) electrons. The SMILES string of the molecule is O=C(COC(=O)CCCN1C(=O)c2ccccc2C1=O)Nc1ccc(Oc2ccccc2)cc1. The molecule has 172 valence electrons. The van der Waals surface area contributed by atoms with Gasteiger partial charge in [-0.3, -0.25) is 24.1 Å². The van der Waals surface area contributed by atoms with Crippen LogP contribution in [0.1, 0.15) is 33.6 Å². The van der Waals surface area contributed by atoms with Gasteiger partial charge < -0.3 is 14.8 Å². The molecule has 0 spiro atoms. The molecule has 8 heteroatoms. The number of ether oxygens (including phenoxy) is 2. The van der Waals surface area contributed by atoms with E-state index in [9.17, 15) is 19.2 Å². The van der Waals surface area contributed by atoms with Crippen LogP contribution in [0.3, 0.4) is 0 Å². The van der Waals surface area contributed by atoms with Crippen molar-refractivity contribution < 1.29 is 28.7 Å². The number of carbonyl (C=O) groups is 4. The Kier molecular flexibility index (Phi) is 6.98. The first-order valence-corrected chi connectivity index (χ1v) is 10.7. The summed E-state index contributed by atoms with van der Waals surface area (Å²) < 4.78 is 10.7. The fourth-order valence-electron chi connectivity index (χ4n) is 3.47. The molecule has 3 aromatic rings. The molecule has 8 nitrogen and oxygen atoms in total. The Morgan fingerprint density at radius 3 is 2.00 bits per heavy atom. The molecule has 1 aliphatic rings. The normalized spacial score (nSPS) is 12.3. The quantitative estimate of drug-likeness (QED) is 0.384. The second-order valence-electron chi connectivity index (χ2n) is 7.56. The monoisotopic (exact) mass is 458 g/mol. The van der Waals surface area contributed by atoms with Crippen LogP contribution in [-0.2, 0) is 14.3 Å². The molecule has 0 unspecified atom stereocenters. The summed E-state index contributed by atoms with van der Waals surface area (Å²) in [6, 6.07) is 22.7. The lowest BCUT2D eigenvalue weighted by atomic mass is 10.1. The number of imide groups is 1. The summed E-state index contributed by atoms with van der Waals surface area (Å²) in [6.45, 7) is -0.334. The number of nitrogens with zero attached hydrogens (tertiary/aromatic N) is 1. The van der Waals surface area contributed by atoms with E-state index in [1.165, 1.54) is 0 Å². The maximum Gasteiger partial charge on any atom is 0.306 e. The van der Waals surface area contributed by atoms with Gasteiger partial charge in [0, 0.05) is 18.7 Å². The van der Waals surface area contributed by atoms with Gasteiger partial charge in [0.25, 0.3) is 17.7 Å². The molecule has 4 rings (SSSR count). The fourth-order valence-corrected chi connectivity index (χ4v) is 3.47. The van der Waals surface area contributed by atoms with E-state index < -0.39 is 18.5 Å². The highest BCUT2D eigenvalue weighted by Gasteiger charge is 2.34. The number of hydrogen-bond acceptors (Lipinski definition) is 6. The number of amides is 3. The first kappa shape index (κ1) is 22.7. The standard InChI is InChI=1S/C26H22N2O6/c29-23(27-18-12-14-20(15-13-18)34-19-7-2-1-3-8-19)17-33-24(30)11-6-16-28-25(31)21-9-4-5-10-22(21)26(28)32/h1-5,7-10,12-15H,6,11,16-17H2,(H,27,29). The largest absolute Gasteiger partial charge is 0.457 e. The zero-order chi connectivity index (χ0) is 23.9. The van der Waals surface area contributed by atoms with Gasteiger partial charge in [-0.25, -0.2) is 0 Å². The molecule has 1 N–H and O–H groups in total. The van der Waals surface area contributed by atoms with E-state index in [4.69, 9.17) is 9.47 Å². The molecule has 1 heterocycles. The summed E-state index contributed by atoms with van der Waals surface area (Å²) in [4.78, 5) is 49.8. The van der Waals surface area contributed by atoms with Crippen molar-refractivity contribution in [2.45, 2.75) is 12.8 Å². The van der Waals surface area contributed by atoms with Crippen LogP contribution in [0.4, 0.5) is 5.69 Å². The van der Waals surface area contributed by atoms with Crippen LogP contribution < -0.4 is 10.1 Å². The number of anilines is 1. The van der Waals surface area contributed by atoms with Crippen molar-refractivity contribution in [1.82, 2.24) is 4.90 Å². The highest BCUT2D eigenvalue weighted by Crippen LogP contribution is 2.23. The molecule has 0 aromatic heterocycles. The van der Waals surface area contributed by atoms with Crippen LogP contribution >= 0.6 is 0 Å². The number of benzene rings is 3. The lowest BCUT2D eigenvalue weighted by molar-refractivity contribution is -0.147. The predicted molar refractivity (Wildman–Crippen MR) is 124 cm³/mol. The minimum absolute atomic E-state index is 0.0216. The van der Waals surface area contributed by atoms with E-state index in [2.05, 4.69) is 5.32 Å². The number of nitrogens with one attached hydrogen (secondary N) is 1. The molecule has 34 heavy (non-hydrogen) atoms. The Labute approximate surface area is 196 Å². The molecule has 1 aliphatic heterocycles. The highest BCUT2D eigenvalue weighted by molar-refractivity contribution is 6.21. The van der Waals surface area contributed by atoms with E-state index in [-0.39, 0.29) is 31.2 Å². The first-order valence-electron chi connectivity index (χ1n) is 10.7. The second-order valence-corrected chi connectivity index (χ2v) is 7.56. The van der Waals surface area contributed by atoms with Gasteiger partial charge in [0.05, 0.1) is 11.1 Å². The molecular formula is C26H22N2O6. The smallest absolute Gasteiger partial charge is 0.306 e. The zero-order valence-corrected chi connectivity index (χ0v) is 18.2. The van der Waals surface area contributed by atoms with Gasteiger partial charge in [-0.1, -0.05) is 30.3 Å². The molecule has 0 aliphatic carbocycles. The second kappa shape index (κ2) is 10.4. The van der Waals surface area contributed by atoms with Gasteiger partial charge in [0.15, 0.2) is 6.61 Å². The van der Waals surface area contributed by atoms with Crippen molar-refractivity contribution in [3.05, 3.63) is 90.0 Å². The molecule has 0 fully saturated rings. The van der Waals surface area contributed by atoms with Crippen molar-refractivity contribution in [3.8, 4) is 11.5 Å². The summed E-state index contributed by atoms with van der Waals surface area (Å²) in [6.07, 6.45) is 0.223. The predicted octanol–water partition coefficient (Wildman–Crippen LogP) is 4.04. The molecule has 3 aromatic carbocycles. The maximum atomic E-state index is 12.3. The van der Waals surface area contributed by atoms with E-state index in [1.807, 2.05) is 30.3 Å². The van der Waals surface area contributed by atoms with Crippen molar-refractivity contribution >= 4 is 29.4 Å². The Balaban J connectivity index is 1.16. The van der Waals surface area contributed by atoms with Crippen LogP contribution in [0.15, 0.2) is 78.9 Å². The molecular weight excluding hydrogens is 436 g/mol. The van der Waals surface area contributed by atoms with E-state index >= 15 is 0 Å². The van der Waals surface area contributed by atoms with Crippen LogP contribution in [0.25, 0.3) is 0 Å². The van der Waals surface area contributed by atoms with Crippen LogP contribution in [0.5, 0.6) is 11.5 Å². The number of rotatable bonds is 9. The van der Waals surface area contributed by atoms with Gasteiger partial charge in [-0.05, 0) is 55.0 Å². The third-order valence-electron chi connectivity index (χ3n) is 5.12. The summed E-state index contributed by atoms with van der Waals surface area (Å²) >= 11 is 0. The Hall–Kier alpha value is -4.46. The topological polar surface area (TPSA) is 102 Å². The number of esters is 1. The van der Waals surface area contributed by atoms with Gasteiger partial charge in [0.1, 0.15) is 11.5 Å². The summed E-state index contributed by atoms with van der Waals surface area (Å²) in [5.41, 5.74) is 1.27. The lowest BCUT2D eigenvalue weighted by Gasteiger charge is -2.13. The average molecular weight is 458 g/mol. The molecule has 0 saturated carbocycles.